The second-order valence-corrected chi connectivity index (χ2v) is 7.79. The number of carbonyl (C=O) groups excluding carboxylic acids is 2. The lowest BCUT2D eigenvalue weighted by molar-refractivity contribution is -0.137. The molecule has 1 aliphatic rings. The van der Waals surface area contributed by atoms with Crippen LogP contribution < -0.4 is 10.2 Å². The molecule has 0 saturated carbocycles. The van der Waals surface area contributed by atoms with Crippen molar-refractivity contribution < 1.29 is 22.8 Å². The molecule has 0 aliphatic carbocycles. The largest absolute Gasteiger partial charge is 0.416 e. The van der Waals surface area contributed by atoms with Crippen LogP contribution in [0.3, 0.4) is 0 Å². The van der Waals surface area contributed by atoms with E-state index in [4.69, 9.17) is 0 Å². The Balaban J connectivity index is 1.91. The van der Waals surface area contributed by atoms with Crippen molar-refractivity contribution in [3.05, 3.63) is 59.2 Å². The maximum atomic E-state index is 13.2. The van der Waals surface area contributed by atoms with Crippen molar-refractivity contribution >= 4 is 23.2 Å². The maximum Gasteiger partial charge on any atom is 0.416 e. The number of hydrogen-bond acceptors (Lipinski definition) is 3. The van der Waals surface area contributed by atoms with Crippen LogP contribution >= 0.6 is 0 Å². The molecule has 1 fully saturated rings. The van der Waals surface area contributed by atoms with Crippen LogP contribution in [0, 0.1) is 0 Å². The van der Waals surface area contributed by atoms with Crippen molar-refractivity contribution in [3.63, 3.8) is 0 Å². The third-order valence-corrected chi connectivity index (χ3v) is 5.68. The number of halogens is 3. The lowest BCUT2D eigenvalue weighted by atomic mass is 10.0. The molecule has 1 saturated heterocycles. The highest BCUT2D eigenvalue weighted by atomic mass is 19.4. The monoisotopic (exact) mass is 447 g/mol. The average Bonchev–Trinajstić information content (AvgIpc) is 2.80. The Labute approximate surface area is 186 Å². The fourth-order valence-corrected chi connectivity index (χ4v) is 3.92. The van der Waals surface area contributed by atoms with Gasteiger partial charge in [-0.3, -0.25) is 9.59 Å². The predicted molar refractivity (Wildman–Crippen MR) is 119 cm³/mol. The predicted octanol–water partition coefficient (Wildman–Crippen LogP) is 5.43. The molecular formula is C24H28F3N3O2. The molecule has 0 bridgehead atoms. The second kappa shape index (κ2) is 10.1. The first-order valence-electron chi connectivity index (χ1n) is 10.9. The third kappa shape index (κ3) is 5.41. The molecule has 0 unspecified atom stereocenters. The Morgan fingerprint density at radius 2 is 1.69 bits per heavy atom. The van der Waals surface area contributed by atoms with Gasteiger partial charge in [0.1, 0.15) is 0 Å². The SMILES string of the molecule is CCN(CC)C(=O)c1cc(NC(=O)c2cccc(C(F)(F)F)c2)ccc1N1CCCCC1. The van der Waals surface area contributed by atoms with Gasteiger partial charge in [-0.2, -0.15) is 13.2 Å². The Bertz CT molecular complexity index is 965. The van der Waals surface area contributed by atoms with Crippen LogP contribution in [0.15, 0.2) is 42.5 Å². The summed E-state index contributed by atoms with van der Waals surface area (Å²) in [6, 6.07) is 9.39. The summed E-state index contributed by atoms with van der Waals surface area (Å²) in [4.78, 5) is 29.7. The summed E-state index contributed by atoms with van der Waals surface area (Å²) in [5.74, 6) is -0.797. The van der Waals surface area contributed by atoms with Gasteiger partial charge >= 0.3 is 6.18 Å². The van der Waals surface area contributed by atoms with E-state index in [0.717, 1.165) is 50.2 Å². The fraction of sp³-hybridized carbons (Fsp3) is 0.417. The number of piperidine rings is 1. The van der Waals surface area contributed by atoms with E-state index in [1.54, 1.807) is 17.0 Å². The van der Waals surface area contributed by atoms with Crippen molar-refractivity contribution in [2.24, 2.45) is 0 Å². The quantitative estimate of drug-likeness (QED) is 0.643. The van der Waals surface area contributed by atoms with Gasteiger partial charge in [0.15, 0.2) is 0 Å². The van der Waals surface area contributed by atoms with Gasteiger partial charge in [0.2, 0.25) is 0 Å². The summed E-state index contributed by atoms with van der Waals surface area (Å²) < 4.78 is 39.0. The number of alkyl halides is 3. The van der Waals surface area contributed by atoms with Crippen LogP contribution in [-0.2, 0) is 6.18 Å². The molecular weight excluding hydrogens is 419 g/mol. The normalized spacial score (nSPS) is 14.2. The van der Waals surface area contributed by atoms with E-state index < -0.39 is 17.6 Å². The van der Waals surface area contributed by atoms with Crippen molar-refractivity contribution in [1.29, 1.82) is 0 Å². The lowest BCUT2D eigenvalue weighted by Gasteiger charge is -2.31. The molecule has 1 aliphatic heterocycles. The van der Waals surface area contributed by atoms with Gasteiger partial charge < -0.3 is 15.1 Å². The number of benzene rings is 2. The van der Waals surface area contributed by atoms with E-state index in [1.807, 2.05) is 19.9 Å². The summed E-state index contributed by atoms with van der Waals surface area (Å²) >= 11 is 0. The molecule has 1 heterocycles. The summed E-state index contributed by atoms with van der Waals surface area (Å²) in [6.45, 7) is 6.62. The Kier molecular flexibility index (Phi) is 7.43. The molecule has 172 valence electrons. The van der Waals surface area contributed by atoms with Gasteiger partial charge in [-0.15, -0.1) is 0 Å². The zero-order chi connectivity index (χ0) is 23.3. The number of hydrogen-bond donors (Lipinski definition) is 1. The highest BCUT2D eigenvalue weighted by molar-refractivity contribution is 6.06. The number of anilines is 2. The van der Waals surface area contributed by atoms with Crippen LogP contribution in [0.1, 0.15) is 59.4 Å². The Hall–Kier alpha value is -3.03. The molecule has 0 aromatic heterocycles. The summed E-state index contributed by atoms with van der Waals surface area (Å²) in [6.07, 6.45) is -1.28. The second-order valence-electron chi connectivity index (χ2n) is 7.79. The summed E-state index contributed by atoms with van der Waals surface area (Å²) in [5.41, 5.74) is 0.680. The van der Waals surface area contributed by atoms with E-state index in [9.17, 15) is 22.8 Å². The first-order valence-corrected chi connectivity index (χ1v) is 10.9. The van der Waals surface area contributed by atoms with Crippen LogP contribution in [-0.4, -0.2) is 42.9 Å². The topological polar surface area (TPSA) is 52.7 Å². The average molecular weight is 448 g/mol. The first kappa shape index (κ1) is 23.6. The maximum absolute atomic E-state index is 13.2. The van der Waals surface area contributed by atoms with E-state index in [0.29, 0.717) is 24.3 Å². The smallest absolute Gasteiger partial charge is 0.371 e. The summed E-state index contributed by atoms with van der Waals surface area (Å²) in [7, 11) is 0. The highest BCUT2D eigenvalue weighted by Gasteiger charge is 2.31. The highest BCUT2D eigenvalue weighted by Crippen LogP contribution is 2.31. The van der Waals surface area contributed by atoms with Gasteiger partial charge in [0.25, 0.3) is 11.8 Å². The molecule has 32 heavy (non-hydrogen) atoms. The standard InChI is InChI=1S/C24H28F3N3O2/c1-3-29(4-2)23(32)20-16-19(11-12-21(20)30-13-6-5-7-14-30)28-22(31)17-9-8-10-18(15-17)24(25,26)27/h8-12,15-16H,3-7,13-14H2,1-2H3,(H,28,31). The molecule has 2 amide bonds. The molecule has 1 N–H and O–H groups in total. The van der Waals surface area contributed by atoms with Gasteiger partial charge in [-0.25, -0.2) is 0 Å². The number of carbonyl (C=O) groups is 2. The van der Waals surface area contributed by atoms with Crippen LogP contribution in [0.5, 0.6) is 0 Å². The molecule has 0 spiro atoms. The number of nitrogens with one attached hydrogen (secondary N) is 1. The minimum absolute atomic E-state index is 0.100. The van der Waals surface area contributed by atoms with Crippen LogP contribution in [0.2, 0.25) is 0 Å². The molecule has 2 aromatic carbocycles. The molecule has 3 rings (SSSR count). The van der Waals surface area contributed by atoms with Crippen molar-refractivity contribution in [2.45, 2.75) is 39.3 Å². The molecule has 2 aromatic rings. The first-order chi connectivity index (χ1) is 15.2. The van der Waals surface area contributed by atoms with E-state index >= 15 is 0 Å². The zero-order valence-corrected chi connectivity index (χ0v) is 18.3. The third-order valence-electron chi connectivity index (χ3n) is 5.68. The van der Waals surface area contributed by atoms with Crippen molar-refractivity contribution in [3.8, 4) is 0 Å². The molecule has 8 heteroatoms. The van der Waals surface area contributed by atoms with Gasteiger partial charge in [0.05, 0.1) is 11.1 Å². The number of rotatable bonds is 6. The number of amides is 2. The van der Waals surface area contributed by atoms with Gasteiger partial charge in [-0.05, 0) is 69.5 Å². The van der Waals surface area contributed by atoms with Crippen molar-refractivity contribution in [2.75, 3.05) is 36.4 Å². The molecule has 5 nitrogen and oxygen atoms in total. The van der Waals surface area contributed by atoms with Gasteiger partial charge in [0, 0.05) is 43.1 Å². The zero-order valence-electron chi connectivity index (χ0n) is 18.3. The summed E-state index contributed by atoms with van der Waals surface area (Å²) in [5, 5.41) is 2.64. The minimum Gasteiger partial charge on any atom is -0.371 e. The molecule has 0 atom stereocenters. The van der Waals surface area contributed by atoms with Crippen LogP contribution in [0.4, 0.5) is 24.5 Å². The van der Waals surface area contributed by atoms with Crippen LogP contribution in [0.25, 0.3) is 0 Å². The van der Waals surface area contributed by atoms with Gasteiger partial charge in [-0.1, -0.05) is 6.07 Å². The lowest BCUT2D eigenvalue weighted by Crippen LogP contribution is -2.35. The van der Waals surface area contributed by atoms with E-state index in [2.05, 4.69) is 10.2 Å². The Morgan fingerprint density at radius 3 is 2.31 bits per heavy atom. The van der Waals surface area contributed by atoms with Crippen molar-refractivity contribution in [1.82, 2.24) is 4.90 Å². The van der Waals surface area contributed by atoms with E-state index in [1.165, 1.54) is 12.1 Å². The fourth-order valence-electron chi connectivity index (χ4n) is 3.92. The minimum atomic E-state index is -4.53. The molecule has 0 radical (unpaired) electrons. The number of nitrogens with zero attached hydrogens (tertiary/aromatic N) is 2. The van der Waals surface area contributed by atoms with E-state index in [-0.39, 0.29) is 11.5 Å². The Morgan fingerprint density at radius 1 is 1.00 bits per heavy atom.